The molecule has 3 aromatic rings. The van der Waals surface area contributed by atoms with Crippen molar-refractivity contribution in [2.75, 3.05) is 0 Å². The van der Waals surface area contributed by atoms with Crippen LogP contribution in [0.5, 0.6) is 0 Å². The number of esters is 1. The van der Waals surface area contributed by atoms with E-state index in [9.17, 15) is 23.5 Å². The molecule has 0 spiro atoms. The molecular formula is C23H22F2N2O4Si. The number of benzene rings is 1. The maximum absolute atomic E-state index is 15.0. The fourth-order valence-electron chi connectivity index (χ4n) is 4.93. The summed E-state index contributed by atoms with van der Waals surface area (Å²) in [5, 5.41) is 11.9. The number of halogens is 2. The third kappa shape index (κ3) is 2.61. The number of aromatic nitrogens is 2. The molecule has 32 heavy (non-hydrogen) atoms. The summed E-state index contributed by atoms with van der Waals surface area (Å²) in [4.78, 5) is 30.3. The Balaban J connectivity index is 1.89. The average Bonchev–Trinajstić information content (AvgIpc) is 3.10. The number of cyclic esters (lactones) is 1. The number of carbonyl (C=O) groups is 1. The monoisotopic (exact) mass is 456 g/mol. The van der Waals surface area contributed by atoms with Crippen molar-refractivity contribution >= 4 is 30.1 Å². The number of aliphatic hydroxyl groups is 1. The maximum Gasteiger partial charge on any atom is 0.343 e. The largest absolute Gasteiger partial charge is 0.458 e. The van der Waals surface area contributed by atoms with Crippen LogP contribution in [0, 0.1) is 11.6 Å². The second-order valence-corrected chi connectivity index (χ2v) is 14.4. The van der Waals surface area contributed by atoms with Gasteiger partial charge in [0, 0.05) is 10.9 Å². The summed E-state index contributed by atoms with van der Waals surface area (Å²) in [5.41, 5.74) is 0.0983. The molecule has 1 aromatic carbocycles. The molecule has 9 heteroatoms. The summed E-state index contributed by atoms with van der Waals surface area (Å²) < 4.78 is 35.7. The molecule has 1 N–H and O–H groups in total. The molecule has 0 saturated heterocycles. The molecule has 0 saturated carbocycles. The lowest BCUT2D eigenvalue weighted by Crippen LogP contribution is -2.44. The van der Waals surface area contributed by atoms with E-state index in [1.807, 2.05) is 19.6 Å². The molecule has 2 aliphatic heterocycles. The van der Waals surface area contributed by atoms with Crippen LogP contribution < -0.4 is 10.7 Å². The molecule has 0 unspecified atom stereocenters. The normalized spacial score (nSPS) is 19.5. The van der Waals surface area contributed by atoms with Crippen LogP contribution in [-0.4, -0.2) is 28.7 Å². The number of hydrogen-bond acceptors (Lipinski definition) is 5. The van der Waals surface area contributed by atoms with Gasteiger partial charge in [-0.25, -0.2) is 18.6 Å². The second-order valence-electron chi connectivity index (χ2n) is 9.42. The van der Waals surface area contributed by atoms with E-state index >= 15 is 0 Å². The molecular weight excluding hydrogens is 434 g/mol. The Labute approximate surface area is 183 Å². The minimum atomic E-state index is -2.23. The summed E-state index contributed by atoms with van der Waals surface area (Å²) in [5.74, 6) is -2.66. The lowest BCUT2D eigenvalue weighted by atomic mass is 9.86. The highest BCUT2D eigenvalue weighted by molar-refractivity contribution is 6.90. The predicted molar refractivity (Wildman–Crippen MR) is 117 cm³/mol. The molecule has 0 bridgehead atoms. The summed E-state index contributed by atoms with van der Waals surface area (Å²) in [6.45, 7) is 7.68. The zero-order valence-electron chi connectivity index (χ0n) is 18.2. The molecule has 0 aliphatic carbocycles. The maximum atomic E-state index is 15.0. The van der Waals surface area contributed by atoms with Crippen LogP contribution in [0.4, 0.5) is 8.78 Å². The van der Waals surface area contributed by atoms with Crippen molar-refractivity contribution in [2.24, 2.45) is 0 Å². The minimum Gasteiger partial charge on any atom is -0.458 e. The van der Waals surface area contributed by atoms with E-state index in [0.717, 1.165) is 6.07 Å². The highest BCUT2D eigenvalue weighted by atomic mass is 28.3. The molecule has 5 rings (SSSR count). The van der Waals surface area contributed by atoms with Crippen LogP contribution in [0.25, 0.3) is 22.3 Å². The third-order valence-electron chi connectivity index (χ3n) is 6.49. The number of carbonyl (C=O) groups excluding carboxylic acids is 1. The zero-order valence-corrected chi connectivity index (χ0v) is 19.2. The Morgan fingerprint density at radius 2 is 1.94 bits per heavy atom. The highest BCUT2D eigenvalue weighted by Crippen LogP contribution is 2.39. The Bertz CT molecular complexity index is 1410. The topological polar surface area (TPSA) is 81.4 Å². The van der Waals surface area contributed by atoms with Gasteiger partial charge < -0.3 is 14.4 Å². The van der Waals surface area contributed by atoms with Crippen LogP contribution in [0.1, 0.15) is 30.0 Å². The summed E-state index contributed by atoms with van der Waals surface area (Å²) in [6, 6.07) is 4.11. The van der Waals surface area contributed by atoms with Crippen molar-refractivity contribution in [1.29, 1.82) is 0 Å². The third-order valence-corrected chi connectivity index (χ3v) is 8.55. The first kappa shape index (κ1) is 21.0. The summed E-state index contributed by atoms with van der Waals surface area (Å²) >= 11 is 0. The number of fused-ring (bicyclic) bond motifs is 5. The van der Waals surface area contributed by atoms with Gasteiger partial charge in [0.2, 0.25) is 0 Å². The number of rotatable bonds is 2. The predicted octanol–water partition coefficient (Wildman–Crippen LogP) is 2.90. The van der Waals surface area contributed by atoms with Crippen LogP contribution in [-0.2, 0) is 28.3 Å². The van der Waals surface area contributed by atoms with E-state index in [-0.39, 0.29) is 41.6 Å². The first-order chi connectivity index (χ1) is 15.0. The van der Waals surface area contributed by atoms with Crippen molar-refractivity contribution in [3.63, 3.8) is 0 Å². The van der Waals surface area contributed by atoms with E-state index in [2.05, 4.69) is 4.98 Å². The molecule has 2 aliphatic rings. The molecule has 0 radical (unpaired) electrons. The van der Waals surface area contributed by atoms with E-state index < -0.39 is 31.3 Å². The fourth-order valence-corrected chi connectivity index (χ4v) is 7.02. The minimum absolute atomic E-state index is 0.0460. The number of ether oxygens (including phenoxy) is 1. The van der Waals surface area contributed by atoms with Gasteiger partial charge in [-0.2, -0.15) is 0 Å². The number of pyridine rings is 2. The molecule has 2 aromatic heterocycles. The van der Waals surface area contributed by atoms with Crippen molar-refractivity contribution in [3.05, 3.63) is 56.9 Å². The van der Waals surface area contributed by atoms with Gasteiger partial charge in [-0.05, 0) is 35.4 Å². The molecule has 4 heterocycles. The highest BCUT2D eigenvalue weighted by Gasteiger charge is 2.45. The van der Waals surface area contributed by atoms with E-state index in [4.69, 9.17) is 4.74 Å². The molecule has 0 fully saturated rings. The quantitative estimate of drug-likeness (QED) is 0.371. The van der Waals surface area contributed by atoms with Crippen molar-refractivity contribution in [3.8, 4) is 11.4 Å². The van der Waals surface area contributed by atoms with Gasteiger partial charge >= 0.3 is 5.97 Å². The summed E-state index contributed by atoms with van der Waals surface area (Å²) in [7, 11) is -2.23. The lowest BCUT2D eigenvalue weighted by Gasteiger charge is -2.31. The fraction of sp³-hybridized carbons (Fsp3) is 0.348. The SMILES string of the molecule is CC[C@@]1(O)C(=O)OCc2c1cc1n(c2=O)Cc2c-1nc1ccc(F)c(F)c1c2[Si](C)(C)C. The van der Waals surface area contributed by atoms with Crippen molar-refractivity contribution in [1.82, 2.24) is 9.55 Å². The van der Waals surface area contributed by atoms with Crippen molar-refractivity contribution in [2.45, 2.75) is 51.7 Å². The Hall–Kier alpha value is -2.91. The van der Waals surface area contributed by atoms with Gasteiger partial charge in [0.05, 0.1) is 37.1 Å². The molecule has 6 nitrogen and oxygen atoms in total. The van der Waals surface area contributed by atoms with Crippen LogP contribution in [0.2, 0.25) is 19.6 Å². The second kappa shape index (κ2) is 6.55. The van der Waals surface area contributed by atoms with Crippen LogP contribution in [0.3, 0.4) is 0 Å². The van der Waals surface area contributed by atoms with Gasteiger partial charge in [-0.3, -0.25) is 4.79 Å². The van der Waals surface area contributed by atoms with E-state index in [0.29, 0.717) is 27.7 Å². The van der Waals surface area contributed by atoms with E-state index in [1.54, 1.807) is 13.0 Å². The van der Waals surface area contributed by atoms with Gasteiger partial charge in [-0.1, -0.05) is 26.6 Å². The van der Waals surface area contributed by atoms with Gasteiger partial charge in [0.15, 0.2) is 17.2 Å². The Morgan fingerprint density at radius 3 is 2.59 bits per heavy atom. The van der Waals surface area contributed by atoms with Gasteiger partial charge in [0.1, 0.15) is 6.61 Å². The average molecular weight is 457 g/mol. The summed E-state index contributed by atoms with van der Waals surface area (Å²) in [6.07, 6.45) is 0.0460. The van der Waals surface area contributed by atoms with Gasteiger partial charge in [-0.15, -0.1) is 0 Å². The van der Waals surface area contributed by atoms with E-state index in [1.165, 1.54) is 10.6 Å². The Kier molecular flexibility index (Phi) is 4.29. The zero-order chi connectivity index (χ0) is 23.2. The number of nitrogens with zero attached hydrogens (tertiary/aromatic N) is 2. The standard InChI is InChI=1S/C23H22F2N2O4Si/c1-5-23(30)13-8-16-19-11(9-27(16)21(28)12(13)10-31-22(23)29)20(32(2,3)4)17-15(26-19)7-6-14(24)18(17)25/h6-8,30H,5,9-10H2,1-4H3/t23-/m0/s1. The van der Waals surface area contributed by atoms with Crippen LogP contribution in [0.15, 0.2) is 23.0 Å². The first-order valence-electron chi connectivity index (χ1n) is 10.5. The molecule has 0 amide bonds. The van der Waals surface area contributed by atoms with Crippen molar-refractivity contribution < 1.29 is 23.4 Å². The number of hydrogen-bond donors (Lipinski definition) is 1. The lowest BCUT2D eigenvalue weighted by molar-refractivity contribution is -0.172. The molecule has 1 atom stereocenters. The Morgan fingerprint density at radius 1 is 1.22 bits per heavy atom. The van der Waals surface area contributed by atoms with Gasteiger partial charge in [0.25, 0.3) is 5.56 Å². The first-order valence-corrected chi connectivity index (χ1v) is 14.0. The van der Waals surface area contributed by atoms with Crippen LogP contribution >= 0.6 is 0 Å². The molecule has 166 valence electrons. The smallest absolute Gasteiger partial charge is 0.343 e.